The van der Waals surface area contributed by atoms with Gasteiger partial charge < -0.3 is 0 Å². The van der Waals surface area contributed by atoms with Gasteiger partial charge in [-0.3, -0.25) is 9.80 Å². The lowest BCUT2D eigenvalue weighted by atomic mass is 9.36. The predicted molar refractivity (Wildman–Crippen MR) is 301 cm³/mol. The number of benzene rings is 5. The van der Waals surface area contributed by atoms with Crippen LogP contribution in [0.5, 0.6) is 0 Å². The Bertz CT molecular complexity index is 3220. The van der Waals surface area contributed by atoms with Crippen LogP contribution < -0.4 is 25.5 Å². The molecule has 0 saturated heterocycles. The minimum absolute atomic E-state index is 0.0214. The molecule has 0 radical (unpaired) electrons. The molecule has 0 fully saturated rings. The first kappa shape index (κ1) is 47.5. The second-order valence-electron chi connectivity index (χ2n) is 27.2. The lowest BCUT2D eigenvalue weighted by Crippen LogP contribution is -2.61. The highest BCUT2D eigenvalue weighted by Gasteiger charge is 2.49. The molecule has 0 amide bonds. The van der Waals surface area contributed by atoms with Crippen LogP contribution in [0.15, 0.2) is 97.1 Å². The van der Waals surface area contributed by atoms with Crippen molar-refractivity contribution in [1.29, 1.82) is 0 Å². The fourth-order valence-electron chi connectivity index (χ4n) is 11.7. The van der Waals surface area contributed by atoms with Crippen LogP contribution in [0.2, 0.25) is 0 Å². The summed E-state index contributed by atoms with van der Waals surface area (Å²) in [5.74, 6) is 2.79. The first-order valence-corrected chi connectivity index (χ1v) is 26.3. The summed E-state index contributed by atoms with van der Waals surface area (Å²) in [7, 11) is 0. The van der Waals surface area contributed by atoms with Gasteiger partial charge in [-0.05, 0) is 126 Å². The molecule has 6 heteroatoms. The monoisotopic (exact) mass is 931 g/mol. The number of nitrogens with zero attached hydrogens (tertiary/aromatic N) is 4. The SMILES string of the molecule is CC(C)(C)c1ccc(-c2cc(C(C)(C)C)ccc2N2c3ccc(C(C)(C)C)cc3B3c4sc5ccc(C(C)(C)C)cc5c4N(c4ccc5c(c4)C(C)(C)CC5(C)C)c4nc(C(C)(C)C)nc2c43)cc1. The van der Waals surface area contributed by atoms with Gasteiger partial charge in [0.25, 0.3) is 6.71 Å². The molecule has 0 N–H and O–H groups in total. The Hall–Kier alpha value is -5.20. The van der Waals surface area contributed by atoms with Crippen LogP contribution in [0.25, 0.3) is 21.2 Å². The molecule has 69 heavy (non-hydrogen) atoms. The summed E-state index contributed by atoms with van der Waals surface area (Å²) in [5, 5.41) is 1.29. The van der Waals surface area contributed by atoms with Gasteiger partial charge in [0.05, 0.1) is 11.4 Å². The quantitative estimate of drug-likeness (QED) is 0.165. The topological polar surface area (TPSA) is 32.3 Å². The fraction of sp³-hybridized carbons (Fsp3) is 0.429. The molecule has 0 atom stereocenters. The van der Waals surface area contributed by atoms with Crippen LogP contribution in [0.3, 0.4) is 0 Å². The third kappa shape index (κ3) is 7.78. The van der Waals surface area contributed by atoms with E-state index in [-0.39, 0.29) is 44.6 Å². The molecular formula is C63H75BN4S. The molecular weight excluding hydrogens is 856 g/mol. The summed E-state index contributed by atoms with van der Waals surface area (Å²) in [5.41, 5.74) is 17.4. The molecule has 3 aliphatic rings. The van der Waals surface area contributed by atoms with Crippen LogP contribution in [-0.2, 0) is 37.9 Å². The van der Waals surface area contributed by atoms with Gasteiger partial charge in [0.15, 0.2) is 0 Å². The molecule has 0 unspecified atom stereocenters. The molecule has 2 aromatic heterocycles. The van der Waals surface area contributed by atoms with Gasteiger partial charge in [-0.1, -0.05) is 186 Å². The van der Waals surface area contributed by atoms with E-state index in [0.717, 1.165) is 35.3 Å². The van der Waals surface area contributed by atoms with E-state index in [0.29, 0.717) is 0 Å². The van der Waals surface area contributed by atoms with Crippen molar-refractivity contribution in [2.24, 2.45) is 0 Å². The Morgan fingerprint density at radius 3 is 1.62 bits per heavy atom. The van der Waals surface area contributed by atoms with E-state index < -0.39 is 0 Å². The maximum absolute atomic E-state index is 5.87. The molecule has 2 aliphatic heterocycles. The Labute approximate surface area is 419 Å². The fourth-order valence-corrected chi connectivity index (χ4v) is 13.0. The molecule has 0 spiro atoms. The summed E-state index contributed by atoms with van der Waals surface area (Å²) in [6.07, 6.45) is 1.11. The first-order chi connectivity index (χ1) is 31.8. The Morgan fingerprint density at radius 2 is 1.03 bits per heavy atom. The maximum atomic E-state index is 5.87. The van der Waals surface area contributed by atoms with Crippen molar-refractivity contribution >= 4 is 78.2 Å². The number of hydrogen-bond acceptors (Lipinski definition) is 5. The summed E-state index contributed by atoms with van der Waals surface area (Å²) >= 11 is 1.96. The number of anilines is 6. The summed E-state index contributed by atoms with van der Waals surface area (Å²) in [6.45, 7) is 44.3. The molecule has 0 bridgehead atoms. The number of aromatic nitrogens is 2. The molecule has 4 nitrogen and oxygen atoms in total. The molecule has 356 valence electrons. The van der Waals surface area contributed by atoms with E-state index in [9.17, 15) is 0 Å². The molecule has 7 aromatic rings. The zero-order valence-corrected chi connectivity index (χ0v) is 46.0. The highest BCUT2D eigenvalue weighted by atomic mass is 32.1. The third-order valence-electron chi connectivity index (χ3n) is 15.5. The zero-order chi connectivity index (χ0) is 49.9. The molecule has 5 aromatic carbocycles. The van der Waals surface area contributed by atoms with E-state index in [1.54, 1.807) is 0 Å². The maximum Gasteiger partial charge on any atom is 0.268 e. The van der Waals surface area contributed by atoms with Crippen molar-refractivity contribution in [2.75, 3.05) is 9.80 Å². The van der Waals surface area contributed by atoms with Crippen LogP contribution in [0.4, 0.5) is 34.4 Å². The average molecular weight is 931 g/mol. The Morgan fingerprint density at radius 1 is 0.507 bits per heavy atom. The van der Waals surface area contributed by atoms with Crippen LogP contribution in [0, 0.1) is 0 Å². The Balaban J connectivity index is 1.36. The highest BCUT2D eigenvalue weighted by molar-refractivity contribution is 7.33. The second-order valence-corrected chi connectivity index (χ2v) is 28.3. The third-order valence-corrected chi connectivity index (χ3v) is 16.8. The number of fused-ring (bicyclic) bond motifs is 7. The van der Waals surface area contributed by atoms with Gasteiger partial charge in [0.2, 0.25) is 0 Å². The van der Waals surface area contributed by atoms with Gasteiger partial charge in [0, 0.05) is 42.7 Å². The molecule has 1 aliphatic carbocycles. The lowest BCUT2D eigenvalue weighted by molar-refractivity contribution is 0.403. The molecule has 0 saturated carbocycles. The van der Waals surface area contributed by atoms with Gasteiger partial charge in [-0.2, -0.15) is 0 Å². The van der Waals surface area contributed by atoms with Gasteiger partial charge in [0.1, 0.15) is 17.5 Å². The van der Waals surface area contributed by atoms with E-state index in [1.165, 1.54) is 81.7 Å². The molecule has 10 rings (SSSR count). The van der Waals surface area contributed by atoms with E-state index in [1.807, 2.05) is 11.3 Å². The van der Waals surface area contributed by atoms with Gasteiger partial charge >= 0.3 is 0 Å². The van der Waals surface area contributed by atoms with Crippen molar-refractivity contribution in [3.63, 3.8) is 0 Å². The van der Waals surface area contributed by atoms with Crippen molar-refractivity contribution in [1.82, 2.24) is 9.97 Å². The number of thiophene rings is 1. The first-order valence-electron chi connectivity index (χ1n) is 25.5. The zero-order valence-electron chi connectivity index (χ0n) is 45.2. The standard InChI is InChI=1S/C63H75BN4S/c1-57(2,3)38-22-20-37(21-23-38)43-32-39(58(4,5)6)24-29-48(43)68-49-30-25-41(60(10,11)12)34-47(49)64-51-54(65-56(61(13,14)15)66-55(51)68)67(42-27-28-45-46(35-42)63(18,19)36-62(45,16)17)52-44-33-40(59(7,8)9)26-31-50(44)69-53(52)64/h20-35H,36H2,1-19H3. The predicted octanol–water partition coefficient (Wildman–Crippen LogP) is 15.9. The highest BCUT2D eigenvalue weighted by Crippen LogP contribution is 2.54. The molecule has 4 heterocycles. The number of hydrogen-bond donors (Lipinski definition) is 0. The second kappa shape index (κ2) is 15.2. The van der Waals surface area contributed by atoms with Crippen molar-refractivity contribution in [3.05, 3.63) is 136 Å². The number of rotatable bonds is 3. The Kier molecular flexibility index (Phi) is 10.4. The summed E-state index contributed by atoms with van der Waals surface area (Å²) in [4.78, 5) is 16.8. The van der Waals surface area contributed by atoms with E-state index in [4.69, 9.17) is 9.97 Å². The summed E-state index contributed by atoms with van der Waals surface area (Å²) in [6, 6.07) is 38.4. The van der Waals surface area contributed by atoms with Crippen molar-refractivity contribution < 1.29 is 0 Å². The summed E-state index contributed by atoms with van der Waals surface area (Å²) < 4.78 is 2.65. The van der Waals surface area contributed by atoms with Crippen LogP contribution in [-0.4, -0.2) is 16.7 Å². The van der Waals surface area contributed by atoms with Crippen LogP contribution >= 0.6 is 11.3 Å². The smallest absolute Gasteiger partial charge is 0.268 e. The largest absolute Gasteiger partial charge is 0.295 e. The normalized spacial score (nSPS) is 16.4. The minimum atomic E-state index is -0.350. The minimum Gasteiger partial charge on any atom is -0.295 e. The lowest BCUT2D eigenvalue weighted by Gasteiger charge is -2.43. The van der Waals surface area contributed by atoms with E-state index >= 15 is 0 Å². The van der Waals surface area contributed by atoms with Gasteiger partial charge in [-0.15, -0.1) is 11.3 Å². The van der Waals surface area contributed by atoms with Crippen molar-refractivity contribution in [2.45, 2.75) is 176 Å². The van der Waals surface area contributed by atoms with Crippen molar-refractivity contribution in [3.8, 4) is 11.1 Å². The average Bonchev–Trinajstić information content (AvgIpc) is 3.71. The van der Waals surface area contributed by atoms with Crippen LogP contribution in [0.1, 0.15) is 177 Å². The van der Waals surface area contributed by atoms with E-state index in [2.05, 4.69) is 238 Å². The van der Waals surface area contributed by atoms with Gasteiger partial charge in [-0.25, -0.2) is 9.97 Å².